The van der Waals surface area contributed by atoms with Gasteiger partial charge >= 0.3 is 0 Å². The second-order valence-corrected chi connectivity index (χ2v) is 6.82. The predicted octanol–water partition coefficient (Wildman–Crippen LogP) is 1.52. The highest BCUT2D eigenvalue weighted by molar-refractivity contribution is 7.88. The molecule has 0 atom stereocenters. The van der Waals surface area contributed by atoms with Crippen LogP contribution in [0.1, 0.15) is 24.8 Å². The van der Waals surface area contributed by atoms with Crippen molar-refractivity contribution in [2.24, 2.45) is 0 Å². The van der Waals surface area contributed by atoms with Gasteiger partial charge in [0.05, 0.1) is 10.7 Å². The highest BCUT2D eigenvalue weighted by Crippen LogP contribution is 2.21. The van der Waals surface area contributed by atoms with E-state index in [1.807, 2.05) is 0 Å². The van der Waals surface area contributed by atoms with Gasteiger partial charge in [0.25, 0.3) is 5.69 Å². The highest BCUT2D eigenvalue weighted by Gasteiger charge is 2.23. The quantitative estimate of drug-likeness (QED) is 0.423. The Labute approximate surface area is 124 Å². The molecule has 7 nitrogen and oxygen atoms in total. The summed E-state index contributed by atoms with van der Waals surface area (Å²) in [5, 5.41) is 19.6. The molecule has 0 saturated carbocycles. The first kappa shape index (κ1) is 17.5. The largest absolute Gasteiger partial charge is 0.396 e. The first-order valence-corrected chi connectivity index (χ1v) is 8.26. The molecule has 118 valence electrons. The molecule has 0 fully saturated rings. The maximum absolute atomic E-state index is 12.2. The number of hydrogen-bond donors (Lipinski definition) is 1. The van der Waals surface area contributed by atoms with Crippen LogP contribution in [0, 0.1) is 10.1 Å². The van der Waals surface area contributed by atoms with Gasteiger partial charge in [0.15, 0.2) is 0 Å². The Balaban J connectivity index is 2.74. The van der Waals surface area contributed by atoms with Crippen molar-refractivity contribution in [3.05, 3.63) is 39.9 Å². The number of benzene rings is 1. The molecule has 1 rings (SSSR count). The Hall–Kier alpha value is -1.51. The SMILES string of the molecule is CN(CCCCCO)S(=O)(=O)Cc1ccccc1[N+](=O)[O-]. The Bertz CT molecular complexity index is 574. The third-order valence-corrected chi connectivity index (χ3v) is 4.94. The standard InChI is InChI=1S/C13H20N2O5S/c1-14(9-5-2-6-10-16)21(19,20)11-12-7-3-4-8-13(12)15(17)18/h3-4,7-8,16H,2,5-6,9-11H2,1H3. The Morgan fingerprint density at radius 3 is 2.52 bits per heavy atom. The fourth-order valence-corrected chi connectivity index (χ4v) is 3.14. The summed E-state index contributed by atoms with van der Waals surface area (Å²) in [6.07, 6.45) is 2.02. The first-order valence-electron chi connectivity index (χ1n) is 6.65. The molecular formula is C13H20N2O5S. The zero-order valence-electron chi connectivity index (χ0n) is 11.9. The number of nitro groups is 1. The van der Waals surface area contributed by atoms with Gasteiger partial charge in [-0.2, -0.15) is 0 Å². The van der Waals surface area contributed by atoms with Crippen LogP contribution in [0.25, 0.3) is 0 Å². The maximum atomic E-state index is 12.2. The number of aliphatic hydroxyl groups excluding tert-OH is 1. The first-order chi connectivity index (χ1) is 9.88. The topological polar surface area (TPSA) is 101 Å². The molecule has 0 heterocycles. The van der Waals surface area contributed by atoms with Crippen molar-refractivity contribution in [1.29, 1.82) is 0 Å². The van der Waals surface area contributed by atoms with Crippen LogP contribution >= 0.6 is 0 Å². The number of nitrogens with zero attached hydrogens (tertiary/aromatic N) is 2. The van der Waals surface area contributed by atoms with Crippen LogP contribution in [0.4, 0.5) is 5.69 Å². The number of nitro benzene ring substituents is 1. The van der Waals surface area contributed by atoms with Crippen molar-refractivity contribution in [2.45, 2.75) is 25.0 Å². The van der Waals surface area contributed by atoms with Crippen molar-refractivity contribution in [3.8, 4) is 0 Å². The van der Waals surface area contributed by atoms with Crippen molar-refractivity contribution in [1.82, 2.24) is 4.31 Å². The van der Waals surface area contributed by atoms with Crippen LogP contribution in [0.5, 0.6) is 0 Å². The van der Waals surface area contributed by atoms with Gasteiger partial charge in [-0.05, 0) is 19.3 Å². The lowest BCUT2D eigenvalue weighted by atomic mass is 10.2. The van der Waals surface area contributed by atoms with E-state index in [2.05, 4.69) is 0 Å². The van der Waals surface area contributed by atoms with Gasteiger partial charge < -0.3 is 5.11 Å². The van der Waals surface area contributed by atoms with Crippen LogP contribution in [-0.4, -0.2) is 43.0 Å². The molecule has 0 aliphatic rings. The zero-order valence-corrected chi connectivity index (χ0v) is 12.8. The van der Waals surface area contributed by atoms with Gasteiger partial charge in [-0.15, -0.1) is 0 Å². The van der Waals surface area contributed by atoms with Crippen molar-refractivity contribution in [3.63, 3.8) is 0 Å². The summed E-state index contributed by atoms with van der Waals surface area (Å²) >= 11 is 0. The summed E-state index contributed by atoms with van der Waals surface area (Å²) in [6, 6.07) is 5.84. The van der Waals surface area contributed by atoms with E-state index < -0.39 is 14.9 Å². The molecule has 21 heavy (non-hydrogen) atoms. The monoisotopic (exact) mass is 316 g/mol. The Kier molecular flexibility index (Phi) is 6.73. The highest BCUT2D eigenvalue weighted by atomic mass is 32.2. The second kappa shape index (κ2) is 8.06. The molecule has 0 bridgehead atoms. The van der Waals surface area contributed by atoms with Crippen LogP contribution in [-0.2, 0) is 15.8 Å². The number of sulfonamides is 1. The third kappa shape index (κ3) is 5.41. The van der Waals surface area contributed by atoms with E-state index in [0.29, 0.717) is 19.4 Å². The predicted molar refractivity (Wildman–Crippen MR) is 79.3 cm³/mol. The molecule has 0 radical (unpaired) electrons. The third-order valence-electron chi connectivity index (χ3n) is 3.13. The Morgan fingerprint density at radius 1 is 1.24 bits per heavy atom. The lowest BCUT2D eigenvalue weighted by Gasteiger charge is -2.17. The maximum Gasteiger partial charge on any atom is 0.273 e. The smallest absolute Gasteiger partial charge is 0.273 e. The fraction of sp³-hybridized carbons (Fsp3) is 0.538. The zero-order chi connectivity index (χ0) is 15.9. The minimum atomic E-state index is -3.59. The van der Waals surface area contributed by atoms with E-state index in [1.165, 1.54) is 29.6 Å². The molecule has 1 N–H and O–H groups in total. The fourth-order valence-electron chi connectivity index (χ4n) is 1.88. The van der Waals surface area contributed by atoms with E-state index in [9.17, 15) is 18.5 Å². The summed E-state index contributed by atoms with van der Waals surface area (Å²) in [5.41, 5.74) is -0.000497. The lowest BCUT2D eigenvalue weighted by molar-refractivity contribution is -0.385. The molecule has 0 aliphatic carbocycles. The van der Waals surface area contributed by atoms with Gasteiger partial charge in [-0.3, -0.25) is 10.1 Å². The number of unbranched alkanes of at least 4 members (excludes halogenated alkanes) is 2. The summed E-state index contributed by atoms with van der Waals surface area (Å²) in [5.74, 6) is -0.388. The number of para-hydroxylation sites is 1. The van der Waals surface area contributed by atoms with Gasteiger partial charge in [0, 0.05) is 31.8 Å². The van der Waals surface area contributed by atoms with Crippen LogP contribution in [0.15, 0.2) is 24.3 Å². The average molecular weight is 316 g/mol. The van der Waals surface area contributed by atoms with Crippen molar-refractivity contribution < 1.29 is 18.4 Å². The molecule has 0 aromatic heterocycles. The van der Waals surface area contributed by atoms with Crippen molar-refractivity contribution in [2.75, 3.05) is 20.2 Å². The van der Waals surface area contributed by atoms with Crippen molar-refractivity contribution >= 4 is 15.7 Å². The van der Waals surface area contributed by atoms with Crippen LogP contribution in [0.2, 0.25) is 0 Å². The minimum Gasteiger partial charge on any atom is -0.396 e. The van der Waals surface area contributed by atoms with E-state index in [0.717, 1.165) is 6.42 Å². The molecule has 8 heteroatoms. The number of rotatable bonds is 9. The minimum absolute atomic E-state index is 0.0900. The van der Waals surface area contributed by atoms with E-state index in [-0.39, 0.29) is 23.6 Å². The van der Waals surface area contributed by atoms with Gasteiger partial charge in [-0.25, -0.2) is 12.7 Å². The summed E-state index contributed by atoms with van der Waals surface area (Å²) in [6.45, 7) is 0.426. The molecule has 0 aliphatic heterocycles. The second-order valence-electron chi connectivity index (χ2n) is 4.75. The van der Waals surface area contributed by atoms with E-state index in [4.69, 9.17) is 5.11 Å². The van der Waals surface area contributed by atoms with Gasteiger partial charge in [0.1, 0.15) is 0 Å². The average Bonchev–Trinajstić information content (AvgIpc) is 2.43. The number of hydrogen-bond acceptors (Lipinski definition) is 5. The molecule has 1 aromatic rings. The molecule has 0 amide bonds. The Morgan fingerprint density at radius 2 is 1.90 bits per heavy atom. The molecule has 0 spiro atoms. The molecule has 0 unspecified atom stereocenters. The normalized spacial score (nSPS) is 11.8. The summed E-state index contributed by atoms with van der Waals surface area (Å²) < 4.78 is 25.6. The lowest BCUT2D eigenvalue weighted by Crippen LogP contribution is -2.29. The molecule has 1 aromatic carbocycles. The number of aliphatic hydroxyl groups is 1. The van der Waals surface area contributed by atoms with Gasteiger partial charge in [0.2, 0.25) is 10.0 Å². The molecule has 0 saturated heterocycles. The van der Waals surface area contributed by atoms with Crippen LogP contribution in [0.3, 0.4) is 0 Å². The van der Waals surface area contributed by atoms with Gasteiger partial charge in [-0.1, -0.05) is 18.2 Å². The summed E-state index contributed by atoms with van der Waals surface area (Å²) in [4.78, 5) is 10.3. The molecular weight excluding hydrogens is 296 g/mol. The van der Waals surface area contributed by atoms with E-state index in [1.54, 1.807) is 6.07 Å². The van der Waals surface area contributed by atoms with Crippen LogP contribution < -0.4 is 0 Å². The van der Waals surface area contributed by atoms with E-state index >= 15 is 0 Å². The summed E-state index contributed by atoms with van der Waals surface area (Å²) in [7, 11) is -2.13.